The molecule has 0 nitrogen and oxygen atoms in total. The summed E-state index contributed by atoms with van der Waals surface area (Å²) >= 11 is 2.42. The van der Waals surface area contributed by atoms with E-state index in [9.17, 15) is 0 Å². The normalized spacial score (nSPS) is 12.4. The molecule has 0 spiro atoms. The second kappa shape index (κ2) is 5.81. The minimum absolute atomic E-state index is 0.672. The fraction of sp³-hybridized carbons (Fsp3) is 0.600. The van der Waals surface area contributed by atoms with E-state index < -0.39 is 0 Å². The van der Waals surface area contributed by atoms with Gasteiger partial charge >= 0.3 is 0 Å². The molecule has 0 aliphatic heterocycles. The van der Waals surface area contributed by atoms with Gasteiger partial charge in [0.15, 0.2) is 0 Å². The van der Waals surface area contributed by atoms with Crippen LogP contribution in [0.25, 0.3) is 0 Å². The number of allylic oxidation sites excluding steroid dienone is 3. The smallest absolute Gasteiger partial charge is 0.00637 e. The maximum Gasteiger partial charge on any atom is 0.00637 e. The summed E-state index contributed by atoms with van der Waals surface area (Å²) in [5.74, 6) is 0.672. The third kappa shape index (κ3) is 5.48. The van der Waals surface area contributed by atoms with Gasteiger partial charge in [0.2, 0.25) is 0 Å². The molecule has 0 amide bonds. The number of hydrogen-bond acceptors (Lipinski definition) is 0. The van der Waals surface area contributed by atoms with Crippen LogP contribution in [0.5, 0.6) is 0 Å². The summed E-state index contributed by atoms with van der Waals surface area (Å²) in [7, 11) is 0. The lowest BCUT2D eigenvalue weighted by atomic mass is 10.00. The van der Waals surface area contributed by atoms with Gasteiger partial charge in [-0.15, -0.1) is 0 Å². The van der Waals surface area contributed by atoms with Crippen LogP contribution in [0.4, 0.5) is 0 Å². The molecule has 11 heavy (non-hydrogen) atoms. The largest absolute Gasteiger partial charge is 0.0998 e. The standard InChI is InChI=1S/C10H17I/c1-8(2)5-6-10(7-11)9(3)4/h5,10H,3,6-7H2,1-2,4H3/t10-/m0/s1. The van der Waals surface area contributed by atoms with E-state index >= 15 is 0 Å². The van der Waals surface area contributed by atoms with Gasteiger partial charge in [0.25, 0.3) is 0 Å². The van der Waals surface area contributed by atoms with E-state index in [0.717, 1.165) is 6.42 Å². The van der Waals surface area contributed by atoms with E-state index in [4.69, 9.17) is 0 Å². The van der Waals surface area contributed by atoms with Crippen molar-refractivity contribution in [3.8, 4) is 0 Å². The highest BCUT2D eigenvalue weighted by molar-refractivity contribution is 14.1. The Morgan fingerprint density at radius 1 is 1.45 bits per heavy atom. The van der Waals surface area contributed by atoms with Gasteiger partial charge in [-0.3, -0.25) is 0 Å². The van der Waals surface area contributed by atoms with Gasteiger partial charge in [-0.1, -0.05) is 46.4 Å². The van der Waals surface area contributed by atoms with E-state index in [2.05, 4.69) is 56.0 Å². The van der Waals surface area contributed by atoms with Crippen molar-refractivity contribution in [2.45, 2.75) is 27.2 Å². The highest BCUT2D eigenvalue weighted by Gasteiger charge is 2.04. The Labute approximate surface area is 83.9 Å². The molecule has 64 valence electrons. The van der Waals surface area contributed by atoms with E-state index in [-0.39, 0.29) is 0 Å². The van der Waals surface area contributed by atoms with Crippen LogP contribution in [-0.2, 0) is 0 Å². The first-order chi connectivity index (χ1) is 5.07. The summed E-state index contributed by atoms with van der Waals surface area (Å²) in [6.45, 7) is 10.4. The average Bonchev–Trinajstić information content (AvgIpc) is 1.87. The zero-order chi connectivity index (χ0) is 8.85. The molecule has 0 aromatic heterocycles. The predicted octanol–water partition coefficient (Wildman–Crippen LogP) is 3.97. The molecule has 0 heterocycles. The zero-order valence-electron chi connectivity index (χ0n) is 7.65. The molecular formula is C10H17I. The molecule has 0 aromatic rings. The molecule has 0 radical (unpaired) electrons. The average molecular weight is 264 g/mol. The number of hydrogen-bond donors (Lipinski definition) is 0. The molecule has 1 atom stereocenters. The van der Waals surface area contributed by atoms with Gasteiger partial charge in [-0.05, 0) is 33.1 Å². The highest BCUT2D eigenvalue weighted by Crippen LogP contribution is 2.17. The molecule has 1 heteroatoms. The summed E-state index contributed by atoms with van der Waals surface area (Å²) in [5.41, 5.74) is 2.71. The predicted molar refractivity (Wildman–Crippen MR) is 61.2 cm³/mol. The molecule has 0 rings (SSSR count). The molecule has 0 aliphatic carbocycles. The maximum atomic E-state index is 3.97. The van der Waals surface area contributed by atoms with Crippen molar-refractivity contribution < 1.29 is 0 Å². The minimum Gasteiger partial charge on any atom is -0.0998 e. The Kier molecular flexibility index (Phi) is 5.92. The SMILES string of the molecule is C=C(C)[C@H](CI)CC=C(C)C. The van der Waals surface area contributed by atoms with Gasteiger partial charge in [-0.2, -0.15) is 0 Å². The van der Waals surface area contributed by atoms with Crippen molar-refractivity contribution >= 4 is 22.6 Å². The summed E-state index contributed by atoms with van der Waals surface area (Å²) in [5, 5.41) is 0. The third-order valence-electron chi connectivity index (χ3n) is 1.69. The lowest BCUT2D eigenvalue weighted by Gasteiger charge is -2.10. The van der Waals surface area contributed by atoms with Crippen LogP contribution >= 0.6 is 22.6 Å². The van der Waals surface area contributed by atoms with Gasteiger partial charge < -0.3 is 0 Å². The summed E-state index contributed by atoms with van der Waals surface area (Å²) in [4.78, 5) is 0. The fourth-order valence-corrected chi connectivity index (χ4v) is 1.89. The number of halogens is 1. The molecule has 0 N–H and O–H groups in total. The highest BCUT2D eigenvalue weighted by atomic mass is 127. The van der Waals surface area contributed by atoms with Crippen LogP contribution in [0.15, 0.2) is 23.8 Å². The zero-order valence-corrected chi connectivity index (χ0v) is 9.81. The first-order valence-electron chi connectivity index (χ1n) is 3.92. The Balaban J connectivity index is 3.89. The maximum absolute atomic E-state index is 3.97. The van der Waals surface area contributed by atoms with Crippen LogP contribution in [0.1, 0.15) is 27.2 Å². The summed E-state index contributed by atoms with van der Waals surface area (Å²) in [6.07, 6.45) is 3.44. The second-order valence-electron chi connectivity index (χ2n) is 3.21. The molecule has 0 saturated heterocycles. The lowest BCUT2D eigenvalue weighted by molar-refractivity contribution is 0.717. The second-order valence-corrected chi connectivity index (χ2v) is 4.10. The minimum atomic E-state index is 0.672. The molecular weight excluding hydrogens is 247 g/mol. The van der Waals surface area contributed by atoms with E-state index in [0.29, 0.717) is 5.92 Å². The molecule has 0 bridgehead atoms. The quantitative estimate of drug-likeness (QED) is 0.409. The molecule has 0 unspecified atom stereocenters. The van der Waals surface area contributed by atoms with E-state index in [1.807, 2.05) is 0 Å². The van der Waals surface area contributed by atoms with E-state index in [1.54, 1.807) is 0 Å². The lowest BCUT2D eigenvalue weighted by Crippen LogP contribution is -2.00. The Bertz CT molecular complexity index is 152. The molecule has 0 aromatic carbocycles. The van der Waals surface area contributed by atoms with Crippen molar-refractivity contribution in [1.29, 1.82) is 0 Å². The Morgan fingerprint density at radius 3 is 2.27 bits per heavy atom. The van der Waals surface area contributed by atoms with Crippen LogP contribution in [0, 0.1) is 5.92 Å². The molecule has 0 fully saturated rings. The van der Waals surface area contributed by atoms with Crippen LogP contribution in [0.2, 0.25) is 0 Å². The first kappa shape index (κ1) is 11.2. The van der Waals surface area contributed by atoms with Gasteiger partial charge in [0, 0.05) is 4.43 Å². The van der Waals surface area contributed by atoms with Crippen molar-refractivity contribution in [2.75, 3.05) is 4.43 Å². The van der Waals surface area contributed by atoms with Crippen molar-refractivity contribution in [2.24, 2.45) is 5.92 Å². The third-order valence-corrected chi connectivity index (χ3v) is 2.76. The van der Waals surface area contributed by atoms with Crippen molar-refractivity contribution in [3.05, 3.63) is 23.8 Å². The monoisotopic (exact) mass is 264 g/mol. The molecule has 0 saturated carbocycles. The van der Waals surface area contributed by atoms with E-state index in [1.165, 1.54) is 15.6 Å². The summed E-state index contributed by atoms with van der Waals surface area (Å²) < 4.78 is 1.18. The topological polar surface area (TPSA) is 0 Å². The fourth-order valence-electron chi connectivity index (χ4n) is 0.774. The van der Waals surface area contributed by atoms with Crippen LogP contribution < -0.4 is 0 Å². The Hall–Kier alpha value is 0.210. The van der Waals surface area contributed by atoms with Crippen molar-refractivity contribution in [3.63, 3.8) is 0 Å². The van der Waals surface area contributed by atoms with Gasteiger partial charge in [-0.25, -0.2) is 0 Å². The molecule has 0 aliphatic rings. The van der Waals surface area contributed by atoms with Gasteiger partial charge in [0.05, 0.1) is 0 Å². The van der Waals surface area contributed by atoms with Gasteiger partial charge in [0.1, 0.15) is 0 Å². The number of rotatable bonds is 4. The first-order valence-corrected chi connectivity index (χ1v) is 5.45. The number of alkyl halides is 1. The van der Waals surface area contributed by atoms with Crippen molar-refractivity contribution in [1.82, 2.24) is 0 Å². The van der Waals surface area contributed by atoms with Crippen LogP contribution in [-0.4, -0.2) is 4.43 Å². The summed E-state index contributed by atoms with van der Waals surface area (Å²) in [6, 6.07) is 0. The van der Waals surface area contributed by atoms with Crippen LogP contribution in [0.3, 0.4) is 0 Å². The Morgan fingerprint density at radius 2 is 2.00 bits per heavy atom.